The van der Waals surface area contributed by atoms with E-state index in [1.54, 1.807) is 7.11 Å². The summed E-state index contributed by atoms with van der Waals surface area (Å²) in [5.41, 5.74) is 4.10. The summed E-state index contributed by atoms with van der Waals surface area (Å²) in [5, 5.41) is 4.94. The largest absolute Gasteiger partial charge is 0.497 e. The molecule has 0 bridgehead atoms. The summed E-state index contributed by atoms with van der Waals surface area (Å²) in [6, 6.07) is 6.60. The molecule has 3 heteroatoms. The molecule has 1 unspecified atom stereocenters. The fraction of sp³-hybridized carbons (Fsp3) is 0.467. The first kappa shape index (κ1) is 11.6. The SMILES string of the molecule is COc1ccc2[nH]c3c(c2c1)C(C)NC(C)(C)C3. The number of rotatable bonds is 1. The highest BCUT2D eigenvalue weighted by Gasteiger charge is 2.31. The third-order valence-corrected chi connectivity index (χ3v) is 3.79. The summed E-state index contributed by atoms with van der Waals surface area (Å²) >= 11 is 0. The van der Waals surface area contributed by atoms with E-state index in [1.165, 1.54) is 22.2 Å². The fourth-order valence-corrected chi connectivity index (χ4v) is 3.16. The van der Waals surface area contributed by atoms with E-state index in [0.717, 1.165) is 12.2 Å². The van der Waals surface area contributed by atoms with Gasteiger partial charge in [0.15, 0.2) is 0 Å². The number of nitrogens with one attached hydrogen (secondary N) is 2. The minimum absolute atomic E-state index is 0.150. The van der Waals surface area contributed by atoms with Crippen molar-refractivity contribution in [3.05, 3.63) is 29.5 Å². The highest BCUT2D eigenvalue weighted by molar-refractivity contribution is 5.87. The van der Waals surface area contributed by atoms with Crippen molar-refractivity contribution in [1.82, 2.24) is 10.3 Å². The van der Waals surface area contributed by atoms with Crippen LogP contribution in [0.5, 0.6) is 5.75 Å². The van der Waals surface area contributed by atoms with Crippen molar-refractivity contribution in [3.8, 4) is 5.75 Å². The third kappa shape index (κ3) is 1.70. The molecule has 0 saturated carbocycles. The Kier molecular flexibility index (Phi) is 2.42. The summed E-state index contributed by atoms with van der Waals surface area (Å²) < 4.78 is 5.32. The van der Waals surface area contributed by atoms with Gasteiger partial charge in [0.05, 0.1) is 7.11 Å². The smallest absolute Gasteiger partial charge is 0.119 e. The van der Waals surface area contributed by atoms with Crippen LogP contribution in [0, 0.1) is 0 Å². The molecular formula is C15H20N2O. The highest BCUT2D eigenvalue weighted by atomic mass is 16.5. The second kappa shape index (κ2) is 3.75. The van der Waals surface area contributed by atoms with Gasteiger partial charge in [-0.3, -0.25) is 0 Å². The fourth-order valence-electron chi connectivity index (χ4n) is 3.16. The summed E-state index contributed by atoms with van der Waals surface area (Å²) in [6.07, 6.45) is 1.03. The molecule has 0 fully saturated rings. The van der Waals surface area contributed by atoms with Crippen molar-refractivity contribution in [3.63, 3.8) is 0 Å². The molecule has 0 radical (unpaired) electrons. The number of fused-ring (bicyclic) bond motifs is 3. The zero-order valence-electron chi connectivity index (χ0n) is 11.4. The molecule has 18 heavy (non-hydrogen) atoms. The van der Waals surface area contributed by atoms with E-state index in [0.29, 0.717) is 6.04 Å². The maximum atomic E-state index is 5.32. The standard InChI is InChI=1S/C15H20N2O/c1-9-14-11-7-10(18-4)5-6-12(11)16-13(14)8-15(2,3)17-9/h5-7,9,16-17H,8H2,1-4H3. The molecule has 1 aliphatic rings. The molecule has 3 rings (SSSR count). The second-order valence-corrected chi connectivity index (χ2v) is 5.86. The van der Waals surface area contributed by atoms with Crippen molar-refractivity contribution >= 4 is 10.9 Å². The van der Waals surface area contributed by atoms with Gasteiger partial charge < -0.3 is 15.0 Å². The molecule has 1 atom stereocenters. The van der Waals surface area contributed by atoms with E-state index in [-0.39, 0.29) is 5.54 Å². The van der Waals surface area contributed by atoms with Crippen LogP contribution in [0.3, 0.4) is 0 Å². The van der Waals surface area contributed by atoms with Gasteiger partial charge in [-0.25, -0.2) is 0 Å². The first-order valence-electron chi connectivity index (χ1n) is 6.46. The number of aromatic amines is 1. The van der Waals surface area contributed by atoms with Gasteiger partial charge in [-0.1, -0.05) is 0 Å². The Morgan fingerprint density at radius 1 is 1.33 bits per heavy atom. The molecule has 96 valence electrons. The van der Waals surface area contributed by atoms with Crippen LogP contribution in [-0.2, 0) is 6.42 Å². The van der Waals surface area contributed by atoms with Crippen LogP contribution in [0.15, 0.2) is 18.2 Å². The van der Waals surface area contributed by atoms with Crippen LogP contribution in [0.2, 0.25) is 0 Å². The van der Waals surface area contributed by atoms with Gasteiger partial charge in [0, 0.05) is 34.6 Å². The minimum atomic E-state index is 0.150. The quantitative estimate of drug-likeness (QED) is 0.808. The summed E-state index contributed by atoms with van der Waals surface area (Å²) in [5.74, 6) is 0.918. The Morgan fingerprint density at radius 3 is 2.83 bits per heavy atom. The molecule has 0 aliphatic carbocycles. The topological polar surface area (TPSA) is 37.0 Å². The normalized spacial score (nSPS) is 21.9. The van der Waals surface area contributed by atoms with Gasteiger partial charge in [0.2, 0.25) is 0 Å². The molecule has 1 aliphatic heterocycles. The van der Waals surface area contributed by atoms with Crippen molar-refractivity contribution in [2.24, 2.45) is 0 Å². The van der Waals surface area contributed by atoms with Crippen LogP contribution >= 0.6 is 0 Å². The van der Waals surface area contributed by atoms with Crippen molar-refractivity contribution in [2.45, 2.75) is 38.8 Å². The Labute approximate surface area is 108 Å². The average Bonchev–Trinajstić information content (AvgIpc) is 2.63. The monoisotopic (exact) mass is 244 g/mol. The number of methoxy groups -OCH3 is 1. The van der Waals surface area contributed by atoms with E-state index in [1.807, 2.05) is 6.07 Å². The lowest BCUT2D eigenvalue weighted by Gasteiger charge is -2.35. The molecule has 2 heterocycles. The molecule has 3 nitrogen and oxygen atoms in total. The van der Waals surface area contributed by atoms with Crippen molar-refractivity contribution < 1.29 is 4.74 Å². The zero-order valence-corrected chi connectivity index (χ0v) is 11.4. The second-order valence-electron chi connectivity index (χ2n) is 5.86. The lowest BCUT2D eigenvalue weighted by Crippen LogP contribution is -2.46. The van der Waals surface area contributed by atoms with Crippen LogP contribution in [0.4, 0.5) is 0 Å². The highest BCUT2D eigenvalue weighted by Crippen LogP contribution is 2.36. The summed E-state index contributed by atoms with van der Waals surface area (Å²) in [6.45, 7) is 6.73. The lowest BCUT2D eigenvalue weighted by atomic mass is 9.87. The van der Waals surface area contributed by atoms with E-state index < -0.39 is 0 Å². The van der Waals surface area contributed by atoms with Gasteiger partial charge in [-0.05, 0) is 44.5 Å². The molecule has 2 aromatic rings. The van der Waals surface area contributed by atoms with E-state index in [9.17, 15) is 0 Å². The van der Waals surface area contributed by atoms with Crippen LogP contribution in [-0.4, -0.2) is 17.6 Å². The van der Waals surface area contributed by atoms with Crippen LogP contribution in [0.1, 0.15) is 38.1 Å². The minimum Gasteiger partial charge on any atom is -0.497 e. The lowest BCUT2D eigenvalue weighted by molar-refractivity contribution is 0.321. The predicted molar refractivity (Wildman–Crippen MR) is 74.2 cm³/mol. The molecule has 0 amide bonds. The van der Waals surface area contributed by atoms with Gasteiger partial charge >= 0.3 is 0 Å². The molecular weight excluding hydrogens is 224 g/mol. The first-order valence-corrected chi connectivity index (χ1v) is 6.46. The van der Waals surface area contributed by atoms with E-state index in [4.69, 9.17) is 4.74 Å². The third-order valence-electron chi connectivity index (χ3n) is 3.79. The van der Waals surface area contributed by atoms with E-state index >= 15 is 0 Å². The number of hydrogen-bond donors (Lipinski definition) is 2. The number of aromatic nitrogens is 1. The van der Waals surface area contributed by atoms with E-state index in [2.05, 4.69) is 43.2 Å². The maximum absolute atomic E-state index is 5.32. The van der Waals surface area contributed by atoms with Crippen LogP contribution in [0.25, 0.3) is 10.9 Å². The molecule has 0 saturated heterocycles. The number of H-pyrrole nitrogens is 1. The predicted octanol–water partition coefficient (Wildman–Crippen LogP) is 3.16. The number of benzene rings is 1. The zero-order chi connectivity index (χ0) is 12.9. The Balaban J connectivity index is 2.21. The Bertz CT molecular complexity index is 598. The molecule has 0 spiro atoms. The van der Waals surface area contributed by atoms with Gasteiger partial charge in [0.25, 0.3) is 0 Å². The van der Waals surface area contributed by atoms with Gasteiger partial charge in [0.1, 0.15) is 5.75 Å². The molecule has 1 aromatic carbocycles. The average molecular weight is 244 g/mol. The summed E-state index contributed by atoms with van der Waals surface area (Å²) in [7, 11) is 1.71. The summed E-state index contributed by atoms with van der Waals surface area (Å²) in [4.78, 5) is 3.56. The van der Waals surface area contributed by atoms with Crippen molar-refractivity contribution in [2.75, 3.05) is 7.11 Å². The Morgan fingerprint density at radius 2 is 2.11 bits per heavy atom. The number of hydrogen-bond acceptors (Lipinski definition) is 2. The molecule has 1 aromatic heterocycles. The van der Waals surface area contributed by atoms with Crippen LogP contribution < -0.4 is 10.1 Å². The van der Waals surface area contributed by atoms with Gasteiger partial charge in [-0.15, -0.1) is 0 Å². The number of ether oxygens (including phenoxy) is 1. The maximum Gasteiger partial charge on any atom is 0.119 e. The van der Waals surface area contributed by atoms with Gasteiger partial charge in [-0.2, -0.15) is 0 Å². The molecule has 2 N–H and O–H groups in total. The first-order chi connectivity index (χ1) is 8.50. The Hall–Kier alpha value is -1.48. The van der Waals surface area contributed by atoms with Crippen molar-refractivity contribution in [1.29, 1.82) is 0 Å².